The first-order valence-corrected chi connectivity index (χ1v) is 3.12. The van der Waals surface area contributed by atoms with Crippen molar-refractivity contribution in [2.75, 3.05) is 0 Å². The molecule has 6 nitrogen and oxygen atoms in total. The van der Waals surface area contributed by atoms with Gasteiger partial charge in [0.25, 0.3) is 5.88 Å². The molecule has 0 aliphatic carbocycles. The second-order valence-corrected chi connectivity index (χ2v) is 1.89. The zero-order valence-electron chi connectivity index (χ0n) is 4.77. The number of ether oxygens (including phenoxy) is 1. The Hall–Kier alpha value is -1.21. The van der Waals surface area contributed by atoms with Crippen molar-refractivity contribution in [1.29, 1.82) is 0 Å². The summed E-state index contributed by atoms with van der Waals surface area (Å²) < 4.78 is 7.92. The Morgan fingerprint density at radius 2 is 2.70 bits per heavy atom. The van der Waals surface area contributed by atoms with Crippen molar-refractivity contribution in [2.24, 2.45) is 5.84 Å². The van der Waals surface area contributed by atoms with Gasteiger partial charge in [0.1, 0.15) is 0 Å². The van der Waals surface area contributed by atoms with E-state index < -0.39 is 6.09 Å². The molecule has 54 valence electrons. The van der Waals surface area contributed by atoms with Crippen LogP contribution in [0.3, 0.4) is 0 Å². The van der Waals surface area contributed by atoms with Crippen molar-refractivity contribution in [3.8, 4) is 5.88 Å². The smallest absolute Gasteiger partial charge is 0.388 e. The van der Waals surface area contributed by atoms with Crippen LogP contribution < -0.4 is 16.0 Å². The lowest BCUT2D eigenvalue weighted by Gasteiger charge is -1.95. The van der Waals surface area contributed by atoms with E-state index in [4.69, 9.17) is 5.84 Å². The van der Waals surface area contributed by atoms with Crippen LogP contribution in [0.25, 0.3) is 0 Å². The van der Waals surface area contributed by atoms with Crippen LogP contribution in [-0.4, -0.2) is 15.7 Å². The highest BCUT2D eigenvalue weighted by Gasteiger charge is 2.02. The van der Waals surface area contributed by atoms with Gasteiger partial charge in [-0.05, 0) is 11.5 Å². The van der Waals surface area contributed by atoms with E-state index in [1.165, 1.54) is 5.38 Å². The van der Waals surface area contributed by atoms with Crippen LogP contribution in [0.4, 0.5) is 4.79 Å². The lowest BCUT2D eigenvalue weighted by atomic mass is 10.9. The molecule has 1 aromatic heterocycles. The number of nitrogens with zero attached hydrogens (tertiary/aromatic N) is 2. The van der Waals surface area contributed by atoms with Gasteiger partial charge in [-0.3, -0.25) is 5.43 Å². The van der Waals surface area contributed by atoms with Crippen molar-refractivity contribution >= 4 is 17.6 Å². The third kappa shape index (κ3) is 1.64. The van der Waals surface area contributed by atoms with Gasteiger partial charge in [-0.25, -0.2) is 10.6 Å². The molecule has 1 rings (SSSR count). The van der Waals surface area contributed by atoms with Gasteiger partial charge in [0, 0.05) is 0 Å². The minimum atomic E-state index is -0.757. The summed E-state index contributed by atoms with van der Waals surface area (Å²) in [6, 6.07) is 0. The van der Waals surface area contributed by atoms with E-state index in [0.717, 1.165) is 11.5 Å². The highest BCUT2D eigenvalue weighted by molar-refractivity contribution is 7.03. The largest absolute Gasteiger partial charge is 0.428 e. The molecule has 0 aliphatic rings. The zero-order valence-corrected chi connectivity index (χ0v) is 5.59. The summed E-state index contributed by atoms with van der Waals surface area (Å²) in [4.78, 5) is 10.4. The summed E-state index contributed by atoms with van der Waals surface area (Å²) in [6.07, 6.45) is -0.757. The molecule has 1 aromatic rings. The molecule has 10 heavy (non-hydrogen) atoms. The van der Waals surface area contributed by atoms with Crippen molar-refractivity contribution in [1.82, 2.24) is 15.0 Å². The molecule has 0 saturated heterocycles. The van der Waals surface area contributed by atoms with Crippen molar-refractivity contribution in [3.63, 3.8) is 0 Å². The van der Waals surface area contributed by atoms with Gasteiger partial charge in [0.05, 0.1) is 5.38 Å². The quantitative estimate of drug-likeness (QED) is 0.328. The highest BCUT2D eigenvalue weighted by Crippen LogP contribution is 2.05. The molecule has 0 spiro atoms. The van der Waals surface area contributed by atoms with E-state index in [1.54, 1.807) is 5.43 Å². The maximum absolute atomic E-state index is 10.4. The number of hydrogen-bond donors (Lipinski definition) is 2. The lowest BCUT2D eigenvalue weighted by Crippen LogP contribution is -2.32. The van der Waals surface area contributed by atoms with Gasteiger partial charge in [0.2, 0.25) is 0 Å². The van der Waals surface area contributed by atoms with E-state index in [0.29, 0.717) is 0 Å². The number of carbonyl (C=O) groups is 1. The number of aromatic nitrogens is 2. The number of carbonyl (C=O) groups excluding carboxylic acids is 1. The predicted molar refractivity (Wildman–Crippen MR) is 33.3 cm³/mol. The monoisotopic (exact) mass is 160 g/mol. The molecule has 1 heterocycles. The molecule has 0 aromatic carbocycles. The van der Waals surface area contributed by atoms with E-state index in [2.05, 4.69) is 14.3 Å². The molecule has 0 unspecified atom stereocenters. The minimum Gasteiger partial charge on any atom is -0.388 e. The molecular weight excluding hydrogens is 156 g/mol. The zero-order chi connectivity index (χ0) is 7.40. The Balaban J connectivity index is 2.48. The Morgan fingerprint density at radius 3 is 3.20 bits per heavy atom. The SMILES string of the molecule is NNC(=O)Oc1csnn1. The van der Waals surface area contributed by atoms with E-state index >= 15 is 0 Å². The fourth-order valence-corrected chi connectivity index (χ4v) is 0.685. The Kier molecular flexibility index (Phi) is 2.13. The standard InChI is InChI=1S/C3H4N4O2S/c4-5-3(8)9-2-1-10-7-6-2/h1H,4H2,(H,5,8). The van der Waals surface area contributed by atoms with Crippen LogP contribution in [0.5, 0.6) is 5.88 Å². The lowest BCUT2D eigenvalue weighted by molar-refractivity contribution is 0.199. The van der Waals surface area contributed by atoms with Gasteiger partial charge >= 0.3 is 6.09 Å². The molecule has 0 saturated carbocycles. The third-order valence-electron chi connectivity index (χ3n) is 0.655. The van der Waals surface area contributed by atoms with Crippen molar-refractivity contribution in [2.45, 2.75) is 0 Å². The molecular formula is C3H4N4O2S. The number of nitrogens with two attached hydrogens (primary N) is 1. The Morgan fingerprint density at radius 1 is 1.90 bits per heavy atom. The number of hydrogen-bond acceptors (Lipinski definition) is 6. The van der Waals surface area contributed by atoms with Gasteiger partial charge in [-0.2, -0.15) is 0 Å². The van der Waals surface area contributed by atoms with Crippen LogP contribution in [-0.2, 0) is 0 Å². The minimum absolute atomic E-state index is 0.146. The average molecular weight is 160 g/mol. The number of rotatable bonds is 1. The number of hydrazine groups is 1. The first-order chi connectivity index (χ1) is 4.83. The fraction of sp³-hybridized carbons (Fsp3) is 0. The normalized spacial score (nSPS) is 8.90. The van der Waals surface area contributed by atoms with Gasteiger partial charge < -0.3 is 4.74 Å². The predicted octanol–water partition coefficient (Wildman–Crippen LogP) is -0.500. The van der Waals surface area contributed by atoms with Gasteiger partial charge in [0.15, 0.2) is 0 Å². The van der Waals surface area contributed by atoms with Crippen LogP contribution in [0, 0.1) is 0 Å². The van der Waals surface area contributed by atoms with Crippen molar-refractivity contribution in [3.05, 3.63) is 5.38 Å². The molecule has 7 heteroatoms. The average Bonchev–Trinajstić information content (AvgIpc) is 2.40. The Labute approximate surface area is 60.1 Å². The first-order valence-electron chi connectivity index (χ1n) is 2.28. The van der Waals surface area contributed by atoms with E-state index in [1.807, 2.05) is 0 Å². The van der Waals surface area contributed by atoms with Crippen LogP contribution in [0.2, 0.25) is 0 Å². The van der Waals surface area contributed by atoms with Crippen molar-refractivity contribution < 1.29 is 9.53 Å². The van der Waals surface area contributed by atoms with Gasteiger partial charge in [-0.1, -0.05) is 9.59 Å². The van der Waals surface area contributed by atoms with E-state index in [9.17, 15) is 4.79 Å². The number of nitrogens with one attached hydrogen (secondary N) is 1. The van der Waals surface area contributed by atoms with Gasteiger partial charge in [-0.15, -0.1) is 0 Å². The van der Waals surface area contributed by atoms with Crippen LogP contribution in [0.15, 0.2) is 5.38 Å². The third-order valence-corrected chi connectivity index (χ3v) is 1.14. The van der Waals surface area contributed by atoms with Crippen LogP contribution in [0.1, 0.15) is 0 Å². The first kappa shape index (κ1) is 6.90. The topological polar surface area (TPSA) is 90.1 Å². The second kappa shape index (κ2) is 3.08. The summed E-state index contributed by atoms with van der Waals surface area (Å²) in [6.45, 7) is 0. The fourth-order valence-electron chi connectivity index (χ4n) is 0.325. The molecule has 1 amide bonds. The highest BCUT2D eigenvalue weighted by atomic mass is 32.1. The molecule has 3 N–H and O–H groups in total. The second-order valence-electron chi connectivity index (χ2n) is 1.28. The maximum atomic E-state index is 10.4. The molecule has 0 radical (unpaired) electrons. The summed E-state index contributed by atoms with van der Waals surface area (Å²) >= 11 is 1.09. The Bertz CT molecular complexity index is 210. The molecule has 0 aliphatic heterocycles. The van der Waals surface area contributed by atoms with Crippen LogP contribution >= 0.6 is 11.5 Å². The summed E-state index contributed by atoms with van der Waals surface area (Å²) in [5, 5.41) is 4.92. The summed E-state index contributed by atoms with van der Waals surface area (Å²) in [7, 11) is 0. The van der Waals surface area contributed by atoms with E-state index in [-0.39, 0.29) is 5.88 Å². The molecule has 0 fully saturated rings. The summed E-state index contributed by atoms with van der Waals surface area (Å²) in [5.74, 6) is 4.87. The maximum Gasteiger partial charge on any atom is 0.428 e. The molecule has 0 bridgehead atoms. The summed E-state index contributed by atoms with van der Waals surface area (Å²) in [5.41, 5.74) is 1.78. The number of amides is 1. The molecule has 0 atom stereocenters.